The third kappa shape index (κ3) is 6.35. The monoisotopic (exact) mass is 458 g/mol. The number of phenolic OH excluding ortho intramolecular Hbond substituents is 2. The molecular formula is C28H26O2S2. The Kier molecular flexibility index (Phi) is 7.81. The van der Waals surface area contributed by atoms with Gasteiger partial charge in [-0.15, -0.1) is 0 Å². The van der Waals surface area contributed by atoms with Gasteiger partial charge >= 0.3 is 0 Å². The summed E-state index contributed by atoms with van der Waals surface area (Å²) < 4.78 is 0. The minimum Gasteiger partial charge on any atom is -0.508 e. The van der Waals surface area contributed by atoms with Crippen molar-refractivity contribution in [2.24, 2.45) is 0 Å². The van der Waals surface area contributed by atoms with Gasteiger partial charge in [0.05, 0.1) is 0 Å². The molecule has 0 aromatic heterocycles. The lowest BCUT2D eigenvalue weighted by Crippen LogP contribution is -2.01. The van der Waals surface area contributed by atoms with Gasteiger partial charge < -0.3 is 10.2 Å². The van der Waals surface area contributed by atoms with Crippen LogP contribution in [0.5, 0.6) is 11.5 Å². The fraction of sp³-hybridized carbons (Fsp3) is 0.143. The molecule has 4 rings (SSSR count). The summed E-state index contributed by atoms with van der Waals surface area (Å²) in [5, 5.41) is 19.9. The van der Waals surface area contributed by atoms with Crippen LogP contribution in [-0.4, -0.2) is 10.2 Å². The second kappa shape index (κ2) is 11.2. The van der Waals surface area contributed by atoms with Crippen LogP contribution in [0, 0.1) is 0 Å². The van der Waals surface area contributed by atoms with Crippen molar-refractivity contribution in [1.82, 2.24) is 0 Å². The van der Waals surface area contributed by atoms with Crippen molar-refractivity contribution in [2.45, 2.75) is 23.3 Å². The average molecular weight is 459 g/mol. The zero-order chi connectivity index (χ0) is 22.2. The summed E-state index contributed by atoms with van der Waals surface area (Å²) in [5.41, 5.74) is 5.02. The van der Waals surface area contributed by atoms with Crippen LogP contribution >= 0.6 is 21.6 Å². The van der Waals surface area contributed by atoms with Crippen LogP contribution in [0.15, 0.2) is 109 Å². The molecule has 0 aliphatic rings. The molecule has 0 aliphatic heterocycles. The first kappa shape index (κ1) is 22.4. The van der Waals surface area contributed by atoms with Crippen molar-refractivity contribution >= 4 is 21.6 Å². The van der Waals surface area contributed by atoms with E-state index < -0.39 is 0 Å². The molecule has 2 atom stereocenters. The molecule has 32 heavy (non-hydrogen) atoms. The number of rotatable bonds is 9. The molecule has 0 fully saturated rings. The van der Waals surface area contributed by atoms with Gasteiger partial charge in [-0.1, -0.05) is 107 Å². The molecule has 4 aromatic rings. The van der Waals surface area contributed by atoms with E-state index in [0.717, 1.165) is 12.8 Å². The van der Waals surface area contributed by atoms with Crippen molar-refractivity contribution in [3.05, 3.63) is 131 Å². The van der Waals surface area contributed by atoms with Crippen LogP contribution in [0.1, 0.15) is 32.8 Å². The van der Waals surface area contributed by atoms with E-state index in [1.54, 1.807) is 24.3 Å². The lowest BCUT2D eigenvalue weighted by Gasteiger charge is -2.22. The number of aromatic hydroxyl groups is 2. The van der Waals surface area contributed by atoms with E-state index in [9.17, 15) is 10.2 Å². The minimum atomic E-state index is 0.289. The molecule has 0 amide bonds. The molecule has 4 aromatic carbocycles. The van der Waals surface area contributed by atoms with Crippen molar-refractivity contribution < 1.29 is 10.2 Å². The fourth-order valence-electron chi connectivity index (χ4n) is 3.58. The Balaban J connectivity index is 1.54. The summed E-state index contributed by atoms with van der Waals surface area (Å²) in [6, 6.07) is 36.3. The summed E-state index contributed by atoms with van der Waals surface area (Å²) >= 11 is 0. The Labute approximate surface area is 197 Å². The first-order chi connectivity index (χ1) is 15.7. The highest BCUT2D eigenvalue weighted by atomic mass is 33.1. The van der Waals surface area contributed by atoms with Crippen molar-refractivity contribution in [3.8, 4) is 11.5 Å². The molecule has 162 valence electrons. The Morgan fingerprint density at radius 3 is 1.16 bits per heavy atom. The summed E-state index contributed by atoms with van der Waals surface area (Å²) in [5.74, 6) is 0.593. The number of hydrogen-bond acceptors (Lipinski definition) is 4. The molecule has 2 nitrogen and oxygen atoms in total. The van der Waals surface area contributed by atoms with E-state index >= 15 is 0 Å². The molecule has 0 saturated carbocycles. The maximum atomic E-state index is 9.64. The van der Waals surface area contributed by atoms with Gasteiger partial charge in [-0.05, 0) is 59.4 Å². The van der Waals surface area contributed by atoms with Crippen molar-refractivity contribution in [3.63, 3.8) is 0 Å². The Morgan fingerprint density at radius 2 is 0.812 bits per heavy atom. The SMILES string of the molecule is Oc1ccc(CC(SSC(Cc2ccc(O)cc2)c2ccccc2)c2ccccc2)cc1. The summed E-state index contributed by atoms with van der Waals surface area (Å²) in [6.45, 7) is 0. The Hall–Kier alpha value is -2.82. The van der Waals surface area contributed by atoms with Crippen LogP contribution in [0.4, 0.5) is 0 Å². The topological polar surface area (TPSA) is 40.5 Å². The Bertz CT molecular complexity index is 991. The standard InChI is InChI=1S/C28H26O2S2/c29-25-15-11-21(12-16-25)19-27(23-7-3-1-4-8-23)31-32-28(24-9-5-2-6-10-24)20-22-13-17-26(30)18-14-22/h1-18,27-30H,19-20H2. The maximum Gasteiger partial charge on any atom is 0.115 e. The van der Waals surface area contributed by atoms with E-state index in [2.05, 4.69) is 60.7 Å². The van der Waals surface area contributed by atoms with Crippen LogP contribution < -0.4 is 0 Å². The first-order valence-corrected chi connectivity index (χ1v) is 12.9. The molecule has 0 aliphatic carbocycles. The molecule has 0 bridgehead atoms. The quantitative estimate of drug-likeness (QED) is 0.252. The molecular weight excluding hydrogens is 432 g/mol. The highest BCUT2D eigenvalue weighted by Crippen LogP contribution is 2.48. The van der Waals surface area contributed by atoms with E-state index in [1.807, 2.05) is 45.9 Å². The number of benzene rings is 4. The second-order valence-electron chi connectivity index (χ2n) is 7.73. The van der Waals surface area contributed by atoms with Crippen molar-refractivity contribution in [2.75, 3.05) is 0 Å². The van der Waals surface area contributed by atoms with Gasteiger partial charge in [0.2, 0.25) is 0 Å². The summed E-state index contributed by atoms with van der Waals surface area (Å²) in [4.78, 5) is 0. The lowest BCUT2D eigenvalue weighted by atomic mass is 10.0. The third-order valence-corrected chi connectivity index (χ3v) is 8.53. The maximum absolute atomic E-state index is 9.64. The molecule has 0 heterocycles. The predicted molar refractivity (Wildman–Crippen MR) is 137 cm³/mol. The van der Waals surface area contributed by atoms with Crippen LogP contribution in [0.2, 0.25) is 0 Å². The number of phenols is 2. The van der Waals surface area contributed by atoms with Gasteiger partial charge in [0.15, 0.2) is 0 Å². The highest BCUT2D eigenvalue weighted by Gasteiger charge is 2.19. The van der Waals surface area contributed by atoms with Gasteiger partial charge in [0, 0.05) is 10.5 Å². The van der Waals surface area contributed by atoms with Gasteiger partial charge in [-0.3, -0.25) is 0 Å². The largest absolute Gasteiger partial charge is 0.508 e. The van der Waals surface area contributed by atoms with Crippen LogP contribution in [-0.2, 0) is 12.8 Å². The van der Waals surface area contributed by atoms with E-state index in [0.29, 0.717) is 11.5 Å². The van der Waals surface area contributed by atoms with Gasteiger partial charge in [-0.25, -0.2) is 0 Å². The smallest absolute Gasteiger partial charge is 0.115 e. The van der Waals surface area contributed by atoms with Gasteiger partial charge in [-0.2, -0.15) is 0 Å². The molecule has 4 heteroatoms. The highest BCUT2D eigenvalue weighted by molar-refractivity contribution is 8.76. The second-order valence-corrected chi connectivity index (χ2v) is 10.4. The predicted octanol–water partition coefficient (Wildman–Crippen LogP) is 7.75. The lowest BCUT2D eigenvalue weighted by molar-refractivity contribution is 0.474. The van der Waals surface area contributed by atoms with Gasteiger partial charge in [0.25, 0.3) is 0 Å². The zero-order valence-corrected chi connectivity index (χ0v) is 19.3. The van der Waals surface area contributed by atoms with Crippen LogP contribution in [0.25, 0.3) is 0 Å². The van der Waals surface area contributed by atoms with Crippen molar-refractivity contribution in [1.29, 1.82) is 0 Å². The summed E-state index contributed by atoms with van der Waals surface area (Å²) in [6.07, 6.45) is 1.78. The minimum absolute atomic E-state index is 0.289. The third-order valence-electron chi connectivity index (χ3n) is 5.35. The fourth-order valence-corrected chi connectivity index (χ4v) is 6.78. The average Bonchev–Trinajstić information content (AvgIpc) is 2.84. The van der Waals surface area contributed by atoms with E-state index in [-0.39, 0.29) is 10.5 Å². The van der Waals surface area contributed by atoms with Crippen LogP contribution in [0.3, 0.4) is 0 Å². The Morgan fingerprint density at radius 1 is 0.469 bits per heavy atom. The van der Waals surface area contributed by atoms with E-state index in [4.69, 9.17) is 0 Å². The number of hydrogen-bond donors (Lipinski definition) is 2. The van der Waals surface area contributed by atoms with E-state index in [1.165, 1.54) is 22.3 Å². The molecule has 2 unspecified atom stereocenters. The summed E-state index contributed by atoms with van der Waals surface area (Å²) in [7, 11) is 3.81. The zero-order valence-electron chi connectivity index (χ0n) is 17.7. The first-order valence-electron chi connectivity index (χ1n) is 10.7. The normalized spacial score (nSPS) is 12.9. The molecule has 0 saturated heterocycles. The molecule has 0 spiro atoms. The molecule has 2 N–H and O–H groups in total. The van der Waals surface area contributed by atoms with Gasteiger partial charge in [0.1, 0.15) is 11.5 Å². The molecule has 0 radical (unpaired) electrons.